The van der Waals surface area contributed by atoms with Crippen molar-refractivity contribution in [3.05, 3.63) is 59.2 Å². The maximum Gasteiger partial charge on any atom is 0.122 e. The van der Waals surface area contributed by atoms with Gasteiger partial charge in [-0.25, -0.2) is 0 Å². The molecular formula is C25H30NO2. The zero-order valence-electron chi connectivity index (χ0n) is 16.6. The molecule has 2 aliphatic heterocycles. The maximum absolute atomic E-state index is 10.5. The van der Waals surface area contributed by atoms with Gasteiger partial charge < -0.3 is 14.7 Å². The van der Waals surface area contributed by atoms with Crippen LogP contribution >= 0.6 is 0 Å². The molecule has 2 heterocycles. The van der Waals surface area contributed by atoms with Gasteiger partial charge in [-0.05, 0) is 67.5 Å². The van der Waals surface area contributed by atoms with E-state index in [0.717, 1.165) is 43.9 Å². The molecule has 1 saturated carbocycles. The lowest BCUT2D eigenvalue weighted by molar-refractivity contribution is 0.247. The lowest BCUT2D eigenvalue weighted by Crippen LogP contribution is -2.35. The van der Waals surface area contributed by atoms with Gasteiger partial charge in [-0.15, -0.1) is 0 Å². The Kier molecular flexibility index (Phi) is 4.80. The SMILES string of the molecule is Oc1ccc[c]c1C1([C@@H]2CCN(CCc3ccc4c(c3)CCO4)C2)CCCC1. The molecule has 0 bridgehead atoms. The van der Waals surface area contributed by atoms with Crippen LogP contribution < -0.4 is 4.74 Å². The summed E-state index contributed by atoms with van der Waals surface area (Å²) in [6.45, 7) is 4.28. The van der Waals surface area contributed by atoms with Crippen LogP contribution in [-0.4, -0.2) is 36.2 Å². The van der Waals surface area contributed by atoms with Crippen LogP contribution in [0.4, 0.5) is 0 Å². The summed E-state index contributed by atoms with van der Waals surface area (Å²) in [6.07, 6.45) is 8.34. The van der Waals surface area contributed by atoms with Crippen molar-refractivity contribution < 1.29 is 9.84 Å². The first kappa shape index (κ1) is 18.1. The number of ether oxygens (including phenoxy) is 1. The van der Waals surface area contributed by atoms with Crippen LogP contribution in [0.15, 0.2) is 36.4 Å². The summed E-state index contributed by atoms with van der Waals surface area (Å²) in [5.74, 6) is 2.16. The summed E-state index contributed by atoms with van der Waals surface area (Å²) in [5, 5.41) is 10.5. The van der Waals surface area contributed by atoms with E-state index in [1.165, 1.54) is 49.8 Å². The Bertz CT molecular complexity index is 840. The van der Waals surface area contributed by atoms with Gasteiger partial charge in [-0.1, -0.05) is 37.1 Å². The molecule has 1 atom stereocenters. The predicted molar refractivity (Wildman–Crippen MR) is 111 cm³/mol. The average molecular weight is 377 g/mol. The Balaban J connectivity index is 1.26. The third-order valence-electron chi connectivity index (χ3n) is 7.35. The number of rotatable bonds is 5. The number of phenolic OH excluding ortho intramolecular Hbond substituents is 1. The number of hydrogen-bond acceptors (Lipinski definition) is 3. The summed E-state index contributed by atoms with van der Waals surface area (Å²) in [5.41, 5.74) is 4.01. The van der Waals surface area contributed by atoms with Crippen molar-refractivity contribution in [3.63, 3.8) is 0 Å². The zero-order chi connectivity index (χ0) is 19.0. The standard InChI is InChI=1S/C25H30NO2/c27-23-6-2-1-5-22(23)25(12-3-4-13-25)21-10-15-26(18-21)14-9-19-7-8-24-20(17-19)11-16-28-24/h1-2,6-8,17,21,27H,3-4,9-16,18H2/t21-/m1/s1. The monoisotopic (exact) mass is 376 g/mol. The van der Waals surface area contributed by atoms with E-state index in [2.05, 4.69) is 29.2 Å². The third kappa shape index (κ3) is 3.20. The van der Waals surface area contributed by atoms with Gasteiger partial charge in [0.2, 0.25) is 0 Å². The van der Waals surface area contributed by atoms with Crippen molar-refractivity contribution in [1.82, 2.24) is 4.90 Å². The molecule has 2 aromatic rings. The Labute approximate surface area is 168 Å². The van der Waals surface area contributed by atoms with Crippen LogP contribution in [0.1, 0.15) is 48.8 Å². The Morgan fingerprint density at radius 3 is 2.96 bits per heavy atom. The van der Waals surface area contributed by atoms with Gasteiger partial charge in [-0.2, -0.15) is 0 Å². The van der Waals surface area contributed by atoms with E-state index in [9.17, 15) is 5.11 Å². The van der Waals surface area contributed by atoms with E-state index in [1.807, 2.05) is 18.2 Å². The van der Waals surface area contributed by atoms with E-state index < -0.39 is 0 Å². The van der Waals surface area contributed by atoms with Gasteiger partial charge in [-0.3, -0.25) is 0 Å². The van der Waals surface area contributed by atoms with Gasteiger partial charge in [0, 0.05) is 30.5 Å². The fourth-order valence-corrected chi connectivity index (χ4v) is 5.86. The molecule has 3 heteroatoms. The van der Waals surface area contributed by atoms with Gasteiger partial charge in [0.05, 0.1) is 6.61 Å². The molecule has 28 heavy (non-hydrogen) atoms. The fourth-order valence-electron chi connectivity index (χ4n) is 5.86. The number of nitrogens with zero attached hydrogens (tertiary/aromatic N) is 1. The van der Waals surface area contributed by atoms with Crippen molar-refractivity contribution in [2.45, 2.75) is 50.4 Å². The highest BCUT2D eigenvalue weighted by Crippen LogP contribution is 2.51. The second-order valence-electron chi connectivity index (χ2n) is 8.87. The van der Waals surface area contributed by atoms with E-state index in [-0.39, 0.29) is 5.41 Å². The number of phenols is 1. The molecular weight excluding hydrogens is 346 g/mol. The molecule has 2 aromatic carbocycles. The molecule has 1 saturated heterocycles. The van der Waals surface area contributed by atoms with E-state index in [0.29, 0.717) is 11.7 Å². The fraction of sp³-hybridized carbons (Fsp3) is 0.520. The lowest BCUT2D eigenvalue weighted by Gasteiger charge is -2.36. The predicted octanol–water partition coefficient (Wildman–Crippen LogP) is 4.50. The molecule has 0 amide bonds. The second-order valence-corrected chi connectivity index (χ2v) is 8.87. The van der Waals surface area contributed by atoms with Gasteiger partial charge in [0.15, 0.2) is 0 Å². The molecule has 1 N–H and O–H groups in total. The van der Waals surface area contributed by atoms with Gasteiger partial charge >= 0.3 is 0 Å². The van der Waals surface area contributed by atoms with Crippen LogP contribution in [-0.2, 0) is 18.3 Å². The molecule has 1 radical (unpaired) electrons. The minimum atomic E-state index is 0.130. The number of likely N-dealkylation sites (tertiary alicyclic amines) is 1. The molecule has 3 nitrogen and oxygen atoms in total. The van der Waals surface area contributed by atoms with Gasteiger partial charge in [0.25, 0.3) is 0 Å². The first-order valence-corrected chi connectivity index (χ1v) is 10.9. The number of aromatic hydroxyl groups is 1. The Morgan fingerprint density at radius 1 is 1.21 bits per heavy atom. The molecule has 0 spiro atoms. The normalized spacial score (nSPS) is 23.6. The molecule has 147 valence electrons. The summed E-state index contributed by atoms with van der Waals surface area (Å²) in [4.78, 5) is 2.63. The average Bonchev–Trinajstić information content (AvgIpc) is 3.46. The molecule has 3 aliphatic rings. The van der Waals surface area contributed by atoms with Crippen molar-refractivity contribution in [2.24, 2.45) is 5.92 Å². The van der Waals surface area contributed by atoms with E-state index >= 15 is 0 Å². The third-order valence-corrected chi connectivity index (χ3v) is 7.35. The summed E-state index contributed by atoms with van der Waals surface area (Å²) >= 11 is 0. The second kappa shape index (κ2) is 7.44. The first-order chi connectivity index (χ1) is 13.7. The molecule has 0 unspecified atom stereocenters. The summed E-state index contributed by atoms with van der Waals surface area (Å²) in [6, 6.07) is 15.8. The first-order valence-electron chi connectivity index (χ1n) is 10.9. The van der Waals surface area contributed by atoms with Crippen molar-refractivity contribution in [3.8, 4) is 11.5 Å². The zero-order valence-corrected chi connectivity index (χ0v) is 16.6. The summed E-state index contributed by atoms with van der Waals surface area (Å²) in [7, 11) is 0. The summed E-state index contributed by atoms with van der Waals surface area (Å²) < 4.78 is 5.63. The number of benzene rings is 2. The van der Waals surface area contributed by atoms with Crippen LogP contribution in [0.2, 0.25) is 0 Å². The van der Waals surface area contributed by atoms with Gasteiger partial charge in [0.1, 0.15) is 11.5 Å². The maximum atomic E-state index is 10.5. The highest BCUT2D eigenvalue weighted by Gasteiger charge is 2.46. The minimum Gasteiger partial charge on any atom is -0.508 e. The van der Waals surface area contributed by atoms with Crippen molar-refractivity contribution in [2.75, 3.05) is 26.2 Å². The van der Waals surface area contributed by atoms with Crippen LogP contribution in [0.25, 0.3) is 0 Å². The quantitative estimate of drug-likeness (QED) is 0.834. The number of fused-ring (bicyclic) bond motifs is 1. The topological polar surface area (TPSA) is 32.7 Å². The van der Waals surface area contributed by atoms with Crippen molar-refractivity contribution >= 4 is 0 Å². The highest BCUT2D eigenvalue weighted by molar-refractivity contribution is 5.40. The largest absolute Gasteiger partial charge is 0.508 e. The molecule has 0 aromatic heterocycles. The molecule has 5 rings (SSSR count). The lowest BCUT2D eigenvalue weighted by atomic mass is 9.68. The number of hydrogen-bond donors (Lipinski definition) is 1. The minimum absolute atomic E-state index is 0.130. The van der Waals surface area contributed by atoms with Crippen LogP contribution in [0.5, 0.6) is 11.5 Å². The van der Waals surface area contributed by atoms with E-state index in [4.69, 9.17) is 4.74 Å². The smallest absolute Gasteiger partial charge is 0.122 e. The molecule has 1 aliphatic carbocycles. The van der Waals surface area contributed by atoms with Crippen LogP contribution in [0.3, 0.4) is 0 Å². The van der Waals surface area contributed by atoms with Crippen LogP contribution in [0, 0.1) is 12.0 Å². The molecule has 2 fully saturated rings. The Hall–Kier alpha value is -2.00. The van der Waals surface area contributed by atoms with Crippen molar-refractivity contribution in [1.29, 1.82) is 0 Å². The van der Waals surface area contributed by atoms with E-state index in [1.54, 1.807) is 0 Å². The Morgan fingerprint density at radius 2 is 2.11 bits per heavy atom. The highest BCUT2D eigenvalue weighted by atomic mass is 16.5.